The molecular formula is C15H15ClO. The van der Waals surface area contributed by atoms with E-state index in [1.165, 1.54) is 0 Å². The van der Waals surface area contributed by atoms with Crippen LogP contribution in [-0.2, 0) is 0 Å². The Labute approximate surface area is 106 Å². The molecule has 0 amide bonds. The monoisotopic (exact) mass is 246 g/mol. The van der Waals surface area contributed by atoms with Crippen LogP contribution in [0.25, 0.3) is 10.8 Å². The van der Waals surface area contributed by atoms with Gasteiger partial charge in [-0.15, -0.1) is 11.6 Å². The topological polar surface area (TPSA) is 17.1 Å². The Bertz CT molecular complexity index is 514. The summed E-state index contributed by atoms with van der Waals surface area (Å²) in [6.07, 6.45) is 2.35. The van der Waals surface area contributed by atoms with Gasteiger partial charge in [-0.1, -0.05) is 42.5 Å². The van der Waals surface area contributed by atoms with Crippen molar-refractivity contribution in [2.24, 2.45) is 0 Å². The molecule has 88 valence electrons. The largest absolute Gasteiger partial charge is 0.294 e. The zero-order valence-electron chi connectivity index (χ0n) is 9.66. The van der Waals surface area contributed by atoms with Crippen LogP contribution in [0.15, 0.2) is 42.5 Å². The number of fused-ring (bicyclic) bond motifs is 1. The molecule has 0 unspecified atom stereocenters. The summed E-state index contributed by atoms with van der Waals surface area (Å²) in [5.74, 6) is 0.843. The van der Waals surface area contributed by atoms with E-state index in [0.717, 1.165) is 29.2 Å². The zero-order chi connectivity index (χ0) is 12.1. The van der Waals surface area contributed by atoms with Gasteiger partial charge in [0.25, 0.3) is 0 Å². The number of alkyl halides is 1. The molecule has 0 N–H and O–H groups in total. The lowest BCUT2D eigenvalue weighted by atomic mass is 9.99. The van der Waals surface area contributed by atoms with Gasteiger partial charge in [0.1, 0.15) is 0 Å². The number of halogens is 1. The summed E-state index contributed by atoms with van der Waals surface area (Å²) in [7, 11) is 0. The number of Topliss-reactive ketones (excluding diaryl/α,β-unsaturated/α-hetero) is 1. The lowest BCUT2D eigenvalue weighted by molar-refractivity contribution is 0.0981. The molecule has 17 heavy (non-hydrogen) atoms. The van der Waals surface area contributed by atoms with Crippen molar-refractivity contribution in [3.63, 3.8) is 0 Å². The summed E-state index contributed by atoms with van der Waals surface area (Å²) in [4.78, 5) is 12.1. The molecule has 0 spiro atoms. The number of carbonyl (C=O) groups excluding carboxylic acids is 1. The van der Waals surface area contributed by atoms with E-state index in [0.29, 0.717) is 12.3 Å². The van der Waals surface area contributed by atoms with Gasteiger partial charge in [-0.25, -0.2) is 0 Å². The fraction of sp³-hybridized carbons (Fsp3) is 0.267. The minimum absolute atomic E-state index is 0.215. The molecule has 0 saturated heterocycles. The molecule has 0 aliphatic carbocycles. The van der Waals surface area contributed by atoms with E-state index in [1.54, 1.807) is 0 Å². The van der Waals surface area contributed by atoms with Crippen LogP contribution in [0.3, 0.4) is 0 Å². The highest BCUT2D eigenvalue weighted by atomic mass is 35.5. The lowest BCUT2D eigenvalue weighted by Gasteiger charge is -2.05. The van der Waals surface area contributed by atoms with E-state index < -0.39 is 0 Å². The van der Waals surface area contributed by atoms with Crippen molar-refractivity contribution in [1.29, 1.82) is 0 Å². The van der Waals surface area contributed by atoms with Gasteiger partial charge in [0.15, 0.2) is 5.78 Å². The van der Waals surface area contributed by atoms with Gasteiger partial charge in [0, 0.05) is 17.9 Å². The highest BCUT2D eigenvalue weighted by Gasteiger charge is 2.08. The molecule has 2 aromatic carbocycles. The van der Waals surface area contributed by atoms with Crippen LogP contribution in [0, 0.1) is 0 Å². The van der Waals surface area contributed by atoms with Crippen molar-refractivity contribution in [2.75, 3.05) is 5.88 Å². The smallest absolute Gasteiger partial charge is 0.163 e. The molecule has 0 atom stereocenters. The number of rotatable bonds is 5. The maximum atomic E-state index is 12.1. The number of ketones is 1. The van der Waals surface area contributed by atoms with Crippen LogP contribution in [0.2, 0.25) is 0 Å². The molecular weight excluding hydrogens is 232 g/mol. The Morgan fingerprint density at radius 2 is 1.76 bits per heavy atom. The average molecular weight is 247 g/mol. The van der Waals surface area contributed by atoms with E-state index >= 15 is 0 Å². The molecule has 0 fully saturated rings. The summed E-state index contributed by atoms with van der Waals surface area (Å²) in [6, 6.07) is 13.9. The van der Waals surface area contributed by atoms with E-state index in [-0.39, 0.29) is 5.78 Å². The van der Waals surface area contributed by atoms with Gasteiger partial charge in [-0.2, -0.15) is 0 Å². The third-order valence-electron chi connectivity index (χ3n) is 2.88. The van der Waals surface area contributed by atoms with Crippen molar-refractivity contribution >= 4 is 28.2 Å². The van der Waals surface area contributed by atoms with Crippen LogP contribution < -0.4 is 0 Å². The second kappa shape index (κ2) is 5.83. The maximum absolute atomic E-state index is 12.1. The number of hydrogen-bond acceptors (Lipinski definition) is 1. The fourth-order valence-corrected chi connectivity index (χ4v) is 2.17. The van der Waals surface area contributed by atoms with Gasteiger partial charge in [-0.05, 0) is 23.6 Å². The van der Waals surface area contributed by atoms with Gasteiger partial charge in [0.2, 0.25) is 0 Å². The molecule has 2 heteroatoms. The average Bonchev–Trinajstić information content (AvgIpc) is 2.38. The predicted octanol–water partition coefficient (Wildman–Crippen LogP) is 4.43. The van der Waals surface area contributed by atoms with Crippen LogP contribution >= 0.6 is 11.6 Å². The Hall–Kier alpha value is -1.34. The SMILES string of the molecule is O=C(CCCCCl)c1cccc2ccccc12. The number of carbonyl (C=O) groups is 1. The summed E-state index contributed by atoms with van der Waals surface area (Å²) in [5, 5.41) is 2.17. The summed E-state index contributed by atoms with van der Waals surface area (Å²) in [6.45, 7) is 0. The van der Waals surface area contributed by atoms with Crippen LogP contribution in [0.1, 0.15) is 29.6 Å². The molecule has 0 aliphatic heterocycles. The Balaban J connectivity index is 2.26. The summed E-state index contributed by atoms with van der Waals surface area (Å²) >= 11 is 5.61. The Kier molecular flexibility index (Phi) is 4.16. The molecule has 1 nitrogen and oxygen atoms in total. The number of unbranched alkanes of at least 4 members (excludes halogenated alkanes) is 1. The van der Waals surface area contributed by atoms with E-state index in [2.05, 4.69) is 0 Å². The fourth-order valence-electron chi connectivity index (χ4n) is 1.98. The predicted molar refractivity (Wildman–Crippen MR) is 72.8 cm³/mol. The van der Waals surface area contributed by atoms with Gasteiger partial charge < -0.3 is 0 Å². The molecule has 0 aromatic heterocycles. The first-order chi connectivity index (χ1) is 8.33. The summed E-state index contributed by atoms with van der Waals surface area (Å²) in [5.41, 5.74) is 0.831. The van der Waals surface area contributed by atoms with E-state index in [9.17, 15) is 4.79 Å². The van der Waals surface area contributed by atoms with Crippen molar-refractivity contribution in [3.8, 4) is 0 Å². The highest BCUT2D eigenvalue weighted by molar-refractivity contribution is 6.17. The van der Waals surface area contributed by atoms with Gasteiger partial charge in [0.05, 0.1) is 0 Å². The molecule has 0 saturated carbocycles. The Morgan fingerprint density at radius 1 is 1.00 bits per heavy atom. The summed E-state index contributed by atoms with van der Waals surface area (Å²) < 4.78 is 0. The first-order valence-corrected chi connectivity index (χ1v) is 6.43. The van der Waals surface area contributed by atoms with Crippen molar-refractivity contribution in [2.45, 2.75) is 19.3 Å². The standard InChI is InChI=1S/C15H15ClO/c16-11-4-3-10-15(17)14-9-5-7-12-6-1-2-8-13(12)14/h1-2,5-9H,3-4,10-11H2. The molecule has 0 heterocycles. The molecule has 2 aromatic rings. The molecule has 2 rings (SSSR count). The number of hydrogen-bond donors (Lipinski definition) is 0. The van der Waals surface area contributed by atoms with E-state index in [4.69, 9.17) is 11.6 Å². The van der Waals surface area contributed by atoms with Crippen molar-refractivity contribution in [3.05, 3.63) is 48.0 Å². The van der Waals surface area contributed by atoms with Crippen molar-refractivity contribution < 1.29 is 4.79 Å². The minimum Gasteiger partial charge on any atom is -0.294 e. The number of benzene rings is 2. The second-order valence-electron chi connectivity index (χ2n) is 4.10. The van der Waals surface area contributed by atoms with Crippen LogP contribution in [0.5, 0.6) is 0 Å². The molecule has 0 bridgehead atoms. The maximum Gasteiger partial charge on any atom is 0.163 e. The quantitative estimate of drug-likeness (QED) is 0.433. The molecule has 0 radical (unpaired) electrons. The zero-order valence-corrected chi connectivity index (χ0v) is 10.4. The van der Waals surface area contributed by atoms with Gasteiger partial charge >= 0.3 is 0 Å². The van der Waals surface area contributed by atoms with Crippen LogP contribution in [-0.4, -0.2) is 11.7 Å². The first kappa shape index (κ1) is 12.1. The van der Waals surface area contributed by atoms with Gasteiger partial charge in [-0.3, -0.25) is 4.79 Å². The van der Waals surface area contributed by atoms with Crippen molar-refractivity contribution in [1.82, 2.24) is 0 Å². The van der Waals surface area contributed by atoms with Crippen LogP contribution in [0.4, 0.5) is 0 Å². The third-order valence-corrected chi connectivity index (χ3v) is 3.14. The second-order valence-corrected chi connectivity index (χ2v) is 4.47. The normalized spacial score (nSPS) is 10.6. The lowest BCUT2D eigenvalue weighted by Crippen LogP contribution is -2.00. The Morgan fingerprint density at radius 3 is 2.59 bits per heavy atom. The molecule has 0 aliphatic rings. The first-order valence-electron chi connectivity index (χ1n) is 5.90. The highest BCUT2D eigenvalue weighted by Crippen LogP contribution is 2.20. The third kappa shape index (κ3) is 2.86. The minimum atomic E-state index is 0.215. The van der Waals surface area contributed by atoms with E-state index in [1.807, 2.05) is 42.5 Å².